The first-order valence-electron chi connectivity index (χ1n) is 7.18. The van der Waals surface area contributed by atoms with E-state index in [1.54, 1.807) is 36.6 Å². The first-order valence-corrected chi connectivity index (χ1v) is 8.06. The third-order valence-electron chi connectivity index (χ3n) is 3.63. The number of carbonyl (C=O) groups excluding carboxylic acids is 1. The Labute approximate surface area is 135 Å². The summed E-state index contributed by atoms with van der Waals surface area (Å²) >= 11 is 1.60. The fourth-order valence-electron chi connectivity index (χ4n) is 2.26. The van der Waals surface area contributed by atoms with Crippen molar-refractivity contribution in [1.82, 2.24) is 14.9 Å². The van der Waals surface area contributed by atoms with Gasteiger partial charge in [0.25, 0.3) is 0 Å². The van der Waals surface area contributed by atoms with E-state index >= 15 is 0 Å². The number of aromatic nitrogens is 2. The molecule has 2 heterocycles. The molecule has 2 aromatic rings. The predicted octanol–water partition coefficient (Wildman–Crippen LogP) is 2.63. The Bertz CT molecular complexity index is 600. The molecule has 2 rings (SSSR count). The number of aryl methyl sites for hydroxylation is 2. The molecule has 1 unspecified atom stereocenters. The van der Waals surface area contributed by atoms with Crippen LogP contribution in [0.4, 0.5) is 0 Å². The van der Waals surface area contributed by atoms with E-state index in [1.165, 1.54) is 4.88 Å². The van der Waals surface area contributed by atoms with Crippen molar-refractivity contribution in [2.45, 2.75) is 25.8 Å². The third kappa shape index (κ3) is 4.11. The van der Waals surface area contributed by atoms with Crippen molar-refractivity contribution in [3.63, 3.8) is 0 Å². The maximum atomic E-state index is 12.5. The highest BCUT2D eigenvalue weighted by Crippen LogP contribution is 2.20. The molecule has 5 nitrogen and oxygen atoms in total. The normalized spacial score (nSPS) is 12.1. The van der Waals surface area contributed by atoms with Crippen LogP contribution in [0.2, 0.25) is 0 Å². The summed E-state index contributed by atoms with van der Waals surface area (Å²) in [6, 6.07) is 5.54. The summed E-state index contributed by atoms with van der Waals surface area (Å²) in [5, 5.41) is 0. The van der Waals surface area contributed by atoms with Crippen molar-refractivity contribution in [1.29, 1.82) is 0 Å². The molecular formula is C16H21N3O2S. The summed E-state index contributed by atoms with van der Waals surface area (Å²) < 4.78 is 5.26. The van der Waals surface area contributed by atoms with E-state index in [0.717, 1.165) is 17.8 Å². The van der Waals surface area contributed by atoms with Gasteiger partial charge in [0.2, 0.25) is 5.91 Å². The van der Waals surface area contributed by atoms with Gasteiger partial charge < -0.3 is 9.64 Å². The van der Waals surface area contributed by atoms with Gasteiger partial charge in [0, 0.05) is 31.7 Å². The van der Waals surface area contributed by atoms with E-state index < -0.39 is 0 Å². The molecule has 2 aromatic heterocycles. The molecular weight excluding hydrogens is 298 g/mol. The molecule has 0 radical (unpaired) electrons. The molecule has 1 amide bonds. The molecule has 0 bridgehead atoms. The molecule has 0 aliphatic heterocycles. The number of carbonyl (C=O) groups is 1. The van der Waals surface area contributed by atoms with Gasteiger partial charge in [0.15, 0.2) is 0 Å². The van der Waals surface area contributed by atoms with Crippen molar-refractivity contribution >= 4 is 17.2 Å². The zero-order valence-corrected chi connectivity index (χ0v) is 14.0. The number of hydrogen-bond acceptors (Lipinski definition) is 5. The molecule has 0 aliphatic carbocycles. The zero-order valence-electron chi connectivity index (χ0n) is 13.2. The summed E-state index contributed by atoms with van der Waals surface area (Å²) in [5.41, 5.74) is 3.67. The van der Waals surface area contributed by atoms with Crippen LogP contribution in [0, 0.1) is 6.92 Å². The first kappa shape index (κ1) is 16.6. The van der Waals surface area contributed by atoms with Gasteiger partial charge in [-0.2, -0.15) is 0 Å². The van der Waals surface area contributed by atoms with Gasteiger partial charge in [0.1, 0.15) is 0 Å². The molecule has 0 fully saturated rings. The van der Waals surface area contributed by atoms with Gasteiger partial charge in [-0.3, -0.25) is 9.78 Å². The predicted molar refractivity (Wildman–Crippen MR) is 86.8 cm³/mol. The summed E-state index contributed by atoms with van der Waals surface area (Å²) in [4.78, 5) is 23.9. The standard InChI is InChI=1S/C16H21N3O2S/c1-12-15(22-11-18-12)7-8-16(20)19(2)14(10-21-3)13-6-4-5-9-17-13/h4-6,9,11,14H,7-8,10H2,1-3H3. The largest absolute Gasteiger partial charge is 0.382 e. The van der Waals surface area contributed by atoms with Crippen molar-refractivity contribution in [3.05, 3.63) is 46.2 Å². The van der Waals surface area contributed by atoms with Crippen LogP contribution >= 0.6 is 11.3 Å². The van der Waals surface area contributed by atoms with E-state index in [-0.39, 0.29) is 11.9 Å². The van der Waals surface area contributed by atoms with E-state index in [1.807, 2.05) is 30.6 Å². The fourth-order valence-corrected chi connectivity index (χ4v) is 3.04. The average Bonchev–Trinajstić information content (AvgIpc) is 2.95. The van der Waals surface area contributed by atoms with Gasteiger partial charge in [-0.15, -0.1) is 11.3 Å². The molecule has 0 aliphatic rings. The van der Waals surface area contributed by atoms with E-state index in [4.69, 9.17) is 4.74 Å². The van der Waals surface area contributed by atoms with Crippen LogP contribution in [0.15, 0.2) is 29.9 Å². The number of nitrogens with zero attached hydrogens (tertiary/aromatic N) is 3. The van der Waals surface area contributed by atoms with E-state index in [0.29, 0.717) is 13.0 Å². The second-order valence-electron chi connectivity index (χ2n) is 5.09. The summed E-state index contributed by atoms with van der Waals surface area (Å²) in [7, 11) is 3.44. The highest BCUT2D eigenvalue weighted by Gasteiger charge is 2.22. The highest BCUT2D eigenvalue weighted by atomic mass is 32.1. The van der Waals surface area contributed by atoms with E-state index in [9.17, 15) is 4.79 Å². The van der Waals surface area contributed by atoms with Crippen LogP contribution in [0.5, 0.6) is 0 Å². The van der Waals surface area contributed by atoms with Gasteiger partial charge in [-0.1, -0.05) is 6.07 Å². The number of likely N-dealkylation sites (N-methyl/N-ethyl adjacent to an activating group) is 1. The van der Waals surface area contributed by atoms with Crippen molar-refractivity contribution < 1.29 is 9.53 Å². The van der Waals surface area contributed by atoms with Gasteiger partial charge >= 0.3 is 0 Å². The van der Waals surface area contributed by atoms with Gasteiger partial charge in [0.05, 0.1) is 29.5 Å². The number of thiazole rings is 1. The van der Waals surface area contributed by atoms with Gasteiger partial charge in [-0.05, 0) is 25.5 Å². The van der Waals surface area contributed by atoms with Gasteiger partial charge in [-0.25, -0.2) is 4.98 Å². The number of rotatable bonds is 7. The molecule has 22 heavy (non-hydrogen) atoms. The lowest BCUT2D eigenvalue weighted by atomic mass is 10.1. The maximum absolute atomic E-state index is 12.5. The highest BCUT2D eigenvalue weighted by molar-refractivity contribution is 7.09. The summed E-state index contributed by atoms with van der Waals surface area (Å²) in [6.45, 7) is 2.40. The average molecular weight is 319 g/mol. The molecule has 0 spiro atoms. The fraction of sp³-hybridized carbons (Fsp3) is 0.438. The SMILES string of the molecule is COCC(c1ccccn1)N(C)C(=O)CCc1scnc1C. The molecule has 0 aromatic carbocycles. The number of amides is 1. The van der Waals surface area contributed by atoms with Crippen LogP contribution in [0.3, 0.4) is 0 Å². The summed E-state index contributed by atoms with van der Waals surface area (Å²) in [6.07, 6.45) is 2.92. The monoisotopic (exact) mass is 319 g/mol. The number of hydrogen-bond donors (Lipinski definition) is 0. The number of ether oxygens (including phenoxy) is 1. The van der Waals surface area contributed by atoms with Crippen LogP contribution < -0.4 is 0 Å². The van der Waals surface area contributed by atoms with Crippen molar-refractivity contribution in [3.8, 4) is 0 Å². The smallest absolute Gasteiger partial charge is 0.223 e. The summed E-state index contributed by atoms with van der Waals surface area (Å²) in [5.74, 6) is 0.0838. The minimum atomic E-state index is -0.166. The molecule has 0 saturated carbocycles. The lowest BCUT2D eigenvalue weighted by Crippen LogP contribution is -2.34. The Morgan fingerprint density at radius 2 is 2.23 bits per heavy atom. The topological polar surface area (TPSA) is 55.3 Å². The van der Waals surface area contributed by atoms with Crippen molar-refractivity contribution in [2.75, 3.05) is 20.8 Å². The molecule has 1 atom stereocenters. The molecule has 0 saturated heterocycles. The lowest BCUT2D eigenvalue weighted by molar-refractivity contribution is -0.133. The Morgan fingerprint density at radius 3 is 2.82 bits per heavy atom. The third-order valence-corrected chi connectivity index (χ3v) is 4.62. The number of methoxy groups -OCH3 is 1. The van der Waals surface area contributed by atoms with Crippen LogP contribution in [-0.4, -0.2) is 41.5 Å². The Balaban J connectivity index is 2.02. The Morgan fingerprint density at radius 1 is 1.41 bits per heavy atom. The maximum Gasteiger partial charge on any atom is 0.223 e. The van der Waals surface area contributed by atoms with E-state index in [2.05, 4.69) is 9.97 Å². The number of pyridine rings is 1. The molecule has 118 valence electrons. The quantitative estimate of drug-likeness (QED) is 0.787. The second kappa shape index (κ2) is 8.00. The second-order valence-corrected chi connectivity index (χ2v) is 6.03. The lowest BCUT2D eigenvalue weighted by Gasteiger charge is -2.27. The van der Waals surface area contributed by atoms with Crippen LogP contribution in [0.1, 0.15) is 28.7 Å². The van der Waals surface area contributed by atoms with Crippen molar-refractivity contribution in [2.24, 2.45) is 0 Å². The minimum Gasteiger partial charge on any atom is -0.382 e. The Kier molecular flexibility index (Phi) is 6.03. The minimum absolute atomic E-state index is 0.0838. The van der Waals surface area contributed by atoms with Crippen LogP contribution in [-0.2, 0) is 16.0 Å². The Hall–Kier alpha value is -1.79. The van der Waals surface area contributed by atoms with Crippen LogP contribution in [0.25, 0.3) is 0 Å². The zero-order chi connectivity index (χ0) is 15.9. The molecule has 6 heteroatoms. The first-order chi connectivity index (χ1) is 10.6. The molecule has 0 N–H and O–H groups in total.